The van der Waals surface area contributed by atoms with Crippen molar-refractivity contribution < 1.29 is 9.53 Å². The standard InChI is InChI=1S/C18H19N3O2/c1-13-11-14(2)21(20-13)10-8-17(22)23-12-16-6-3-5-15-7-4-9-19-18(15)16/h3-7,9,11H,8,10,12H2,1-2H3. The van der Waals surface area contributed by atoms with Crippen LogP contribution in [0.3, 0.4) is 0 Å². The maximum absolute atomic E-state index is 12.0. The van der Waals surface area contributed by atoms with Gasteiger partial charge in [-0.1, -0.05) is 24.3 Å². The number of rotatable bonds is 5. The first-order valence-electron chi connectivity index (χ1n) is 7.63. The molecule has 23 heavy (non-hydrogen) atoms. The minimum Gasteiger partial charge on any atom is -0.461 e. The van der Waals surface area contributed by atoms with Crippen molar-refractivity contribution in [2.45, 2.75) is 33.4 Å². The summed E-state index contributed by atoms with van der Waals surface area (Å²) in [5, 5.41) is 5.39. The van der Waals surface area contributed by atoms with E-state index in [4.69, 9.17) is 4.74 Å². The largest absolute Gasteiger partial charge is 0.461 e. The number of esters is 1. The monoisotopic (exact) mass is 309 g/mol. The van der Waals surface area contributed by atoms with Crippen LogP contribution in [-0.4, -0.2) is 20.7 Å². The Morgan fingerprint density at radius 2 is 2.04 bits per heavy atom. The van der Waals surface area contributed by atoms with Gasteiger partial charge in [-0.15, -0.1) is 0 Å². The molecule has 0 aliphatic heterocycles. The molecule has 0 N–H and O–H groups in total. The van der Waals surface area contributed by atoms with Crippen LogP contribution in [0.25, 0.3) is 10.9 Å². The van der Waals surface area contributed by atoms with Crippen molar-refractivity contribution in [2.24, 2.45) is 0 Å². The fourth-order valence-electron chi connectivity index (χ4n) is 2.61. The molecule has 0 spiro atoms. The minimum absolute atomic E-state index is 0.231. The Bertz CT molecular complexity index is 834. The lowest BCUT2D eigenvalue weighted by atomic mass is 10.1. The van der Waals surface area contributed by atoms with Crippen LogP contribution in [0.2, 0.25) is 0 Å². The van der Waals surface area contributed by atoms with Gasteiger partial charge in [0.1, 0.15) is 6.61 Å². The van der Waals surface area contributed by atoms with Gasteiger partial charge < -0.3 is 4.74 Å². The number of carbonyl (C=O) groups is 1. The molecule has 0 radical (unpaired) electrons. The first-order valence-corrected chi connectivity index (χ1v) is 7.63. The molecule has 3 rings (SSSR count). The fraction of sp³-hybridized carbons (Fsp3) is 0.278. The Kier molecular flexibility index (Phi) is 4.37. The highest BCUT2D eigenvalue weighted by Gasteiger charge is 2.08. The van der Waals surface area contributed by atoms with Gasteiger partial charge in [-0.05, 0) is 26.0 Å². The number of aromatic nitrogens is 3. The van der Waals surface area contributed by atoms with Gasteiger partial charge in [-0.3, -0.25) is 14.5 Å². The van der Waals surface area contributed by atoms with Crippen molar-refractivity contribution in [3.63, 3.8) is 0 Å². The van der Waals surface area contributed by atoms with Gasteiger partial charge >= 0.3 is 5.97 Å². The first-order chi connectivity index (χ1) is 11.1. The van der Waals surface area contributed by atoms with Gasteiger partial charge in [-0.25, -0.2) is 0 Å². The lowest BCUT2D eigenvalue weighted by Gasteiger charge is -2.08. The summed E-state index contributed by atoms with van der Waals surface area (Å²) in [7, 11) is 0. The van der Waals surface area contributed by atoms with Crippen LogP contribution in [0.5, 0.6) is 0 Å². The zero-order valence-corrected chi connectivity index (χ0v) is 13.3. The third-order valence-electron chi connectivity index (χ3n) is 3.74. The zero-order valence-electron chi connectivity index (χ0n) is 13.3. The van der Waals surface area contributed by atoms with E-state index in [-0.39, 0.29) is 12.6 Å². The summed E-state index contributed by atoms with van der Waals surface area (Å²) in [6, 6.07) is 11.8. The van der Waals surface area contributed by atoms with E-state index in [2.05, 4.69) is 10.1 Å². The molecule has 0 unspecified atom stereocenters. The number of ether oxygens (including phenoxy) is 1. The molecule has 3 aromatic rings. The highest BCUT2D eigenvalue weighted by Crippen LogP contribution is 2.17. The number of fused-ring (bicyclic) bond motifs is 1. The maximum atomic E-state index is 12.0. The molecular weight excluding hydrogens is 290 g/mol. The van der Waals surface area contributed by atoms with Crippen LogP contribution in [0.15, 0.2) is 42.6 Å². The number of hydrogen-bond donors (Lipinski definition) is 0. The Balaban J connectivity index is 1.59. The summed E-state index contributed by atoms with van der Waals surface area (Å²) in [4.78, 5) is 16.3. The van der Waals surface area contributed by atoms with Gasteiger partial charge in [0.05, 0.1) is 24.2 Å². The maximum Gasteiger partial charge on any atom is 0.308 e. The second-order valence-electron chi connectivity index (χ2n) is 5.55. The minimum atomic E-state index is -0.231. The molecule has 0 aliphatic carbocycles. The van der Waals surface area contributed by atoms with Crippen LogP contribution in [0.1, 0.15) is 23.4 Å². The molecule has 2 heterocycles. The van der Waals surface area contributed by atoms with Crippen LogP contribution < -0.4 is 0 Å². The first kappa shape index (κ1) is 15.2. The van der Waals surface area contributed by atoms with Gasteiger partial charge in [0.2, 0.25) is 0 Å². The second-order valence-corrected chi connectivity index (χ2v) is 5.55. The van der Waals surface area contributed by atoms with E-state index in [0.29, 0.717) is 13.0 Å². The predicted octanol–water partition coefficient (Wildman–Crippen LogP) is 3.18. The zero-order chi connectivity index (χ0) is 16.2. The molecule has 2 aromatic heterocycles. The molecule has 5 nitrogen and oxygen atoms in total. The third-order valence-corrected chi connectivity index (χ3v) is 3.74. The molecule has 0 bridgehead atoms. The summed E-state index contributed by atoms with van der Waals surface area (Å²) in [5.74, 6) is -0.231. The normalized spacial score (nSPS) is 10.9. The van der Waals surface area contributed by atoms with E-state index >= 15 is 0 Å². The number of benzene rings is 1. The number of pyridine rings is 1. The van der Waals surface area contributed by atoms with Crippen LogP contribution >= 0.6 is 0 Å². The van der Waals surface area contributed by atoms with Gasteiger partial charge in [0.25, 0.3) is 0 Å². The summed E-state index contributed by atoms with van der Waals surface area (Å²) in [6.45, 7) is 4.69. The lowest BCUT2D eigenvalue weighted by molar-refractivity contribution is -0.145. The summed E-state index contributed by atoms with van der Waals surface area (Å²) >= 11 is 0. The van der Waals surface area contributed by atoms with Crippen molar-refractivity contribution >= 4 is 16.9 Å². The highest BCUT2D eigenvalue weighted by atomic mass is 16.5. The Morgan fingerprint density at radius 3 is 2.83 bits per heavy atom. The average molecular weight is 309 g/mol. The average Bonchev–Trinajstić information content (AvgIpc) is 2.88. The molecule has 0 amide bonds. The molecule has 5 heteroatoms. The van der Waals surface area contributed by atoms with E-state index in [0.717, 1.165) is 27.9 Å². The van der Waals surface area contributed by atoms with Gasteiger partial charge in [-0.2, -0.15) is 5.10 Å². The Morgan fingerprint density at radius 1 is 1.22 bits per heavy atom. The van der Waals surface area contributed by atoms with Crippen molar-refractivity contribution in [2.75, 3.05) is 0 Å². The smallest absolute Gasteiger partial charge is 0.308 e. The molecule has 0 aliphatic rings. The van der Waals surface area contributed by atoms with E-state index in [1.165, 1.54) is 0 Å². The summed E-state index contributed by atoms with van der Waals surface area (Å²) in [6.07, 6.45) is 2.05. The summed E-state index contributed by atoms with van der Waals surface area (Å²) < 4.78 is 7.21. The second kappa shape index (κ2) is 6.60. The van der Waals surface area contributed by atoms with E-state index < -0.39 is 0 Å². The summed E-state index contributed by atoms with van der Waals surface area (Å²) in [5.41, 5.74) is 3.80. The Hall–Kier alpha value is -2.69. The topological polar surface area (TPSA) is 57.0 Å². The van der Waals surface area contributed by atoms with Crippen LogP contribution in [0, 0.1) is 13.8 Å². The molecule has 0 saturated carbocycles. The fourth-order valence-corrected chi connectivity index (χ4v) is 2.61. The van der Waals surface area contributed by atoms with E-state index in [9.17, 15) is 4.79 Å². The molecule has 1 aromatic carbocycles. The molecule has 0 saturated heterocycles. The molecule has 0 atom stereocenters. The van der Waals surface area contributed by atoms with Crippen molar-refractivity contribution in [1.82, 2.24) is 14.8 Å². The third kappa shape index (κ3) is 3.56. The number of carbonyl (C=O) groups excluding carboxylic acids is 1. The number of hydrogen-bond acceptors (Lipinski definition) is 4. The number of nitrogens with zero attached hydrogens (tertiary/aromatic N) is 3. The van der Waals surface area contributed by atoms with E-state index in [1.807, 2.05) is 54.9 Å². The van der Waals surface area contributed by atoms with Crippen molar-refractivity contribution in [3.05, 3.63) is 59.5 Å². The predicted molar refractivity (Wildman–Crippen MR) is 87.9 cm³/mol. The quantitative estimate of drug-likeness (QED) is 0.679. The van der Waals surface area contributed by atoms with Crippen molar-refractivity contribution in [3.8, 4) is 0 Å². The van der Waals surface area contributed by atoms with Crippen LogP contribution in [0.4, 0.5) is 0 Å². The SMILES string of the molecule is Cc1cc(C)n(CCC(=O)OCc2cccc3cccnc23)n1. The lowest BCUT2D eigenvalue weighted by Crippen LogP contribution is -2.11. The van der Waals surface area contributed by atoms with Gasteiger partial charge in [0.15, 0.2) is 0 Å². The number of aryl methyl sites for hydroxylation is 3. The van der Waals surface area contributed by atoms with E-state index in [1.54, 1.807) is 6.20 Å². The molecule has 0 fully saturated rings. The van der Waals surface area contributed by atoms with Gasteiger partial charge in [0, 0.05) is 22.8 Å². The molecular formula is C18H19N3O2. The highest BCUT2D eigenvalue weighted by molar-refractivity contribution is 5.81. The molecule has 118 valence electrons. The van der Waals surface area contributed by atoms with Crippen LogP contribution in [-0.2, 0) is 22.7 Å². The number of para-hydroxylation sites is 1. The van der Waals surface area contributed by atoms with Crippen molar-refractivity contribution in [1.29, 1.82) is 0 Å². The Labute approximate surface area is 134 Å².